The molecule has 2 aromatic heterocycles. The molecule has 0 aromatic carbocycles. The second-order valence-corrected chi connectivity index (χ2v) is 4.10. The molecule has 0 aliphatic carbocycles. The van der Waals surface area contributed by atoms with Gasteiger partial charge < -0.3 is 5.73 Å². The number of hydrogen-bond donors (Lipinski definition) is 1. The Balaban J connectivity index is 2.66. The zero-order chi connectivity index (χ0) is 12.6. The SMILES string of the molecule is CC(=O)c1cc(Cl)nc(-c2cnn(C)c2)c1N. The standard InChI is InChI=1S/C11H11ClN4O/c1-6(17)8-3-9(12)15-11(10(8)13)7-4-14-16(2)5-7/h3-5H,13H2,1-2H3. The summed E-state index contributed by atoms with van der Waals surface area (Å²) in [6, 6.07) is 1.47. The third-order valence-corrected chi connectivity index (χ3v) is 2.58. The molecular formula is C11H11ClN4O. The van der Waals surface area contributed by atoms with Gasteiger partial charge in [0.2, 0.25) is 0 Å². The van der Waals surface area contributed by atoms with E-state index in [9.17, 15) is 4.79 Å². The van der Waals surface area contributed by atoms with Crippen molar-refractivity contribution in [3.8, 4) is 11.3 Å². The Morgan fingerprint density at radius 3 is 2.76 bits per heavy atom. The molecule has 2 rings (SSSR count). The maximum Gasteiger partial charge on any atom is 0.162 e. The number of rotatable bonds is 2. The molecule has 17 heavy (non-hydrogen) atoms. The zero-order valence-corrected chi connectivity index (χ0v) is 10.2. The number of aryl methyl sites for hydroxylation is 1. The Morgan fingerprint density at radius 1 is 1.53 bits per heavy atom. The van der Waals surface area contributed by atoms with Gasteiger partial charge in [-0.05, 0) is 13.0 Å². The number of Topliss-reactive ketones (excluding diaryl/α,β-unsaturated/α-hetero) is 1. The maximum absolute atomic E-state index is 11.4. The van der Waals surface area contributed by atoms with Gasteiger partial charge in [-0.15, -0.1) is 0 Å². The Labute approximate surface area is 103 Å². The van der Waals surface area contributed by atoms with Crippen molar-refractivity contribution in [3.05, 3.63) is 29.2 Å². The van der Waals surface area contributed by atoms with Crippen LogP contribution in [0.25, 0.3) is 11.3 Å². The zero-order valence-electron chi connectivity index (χ0n) is 9.44. The van der Waals surface area contributed by atoms with Gasteiger partial charge in [-0.3, -0.25) is 9.48 Å². The van der Waals surface area contributed by atoms with Crippen molar-refractivity contribution in [1.29, 1.82) is 0 Å². The highest BCUT2D eigenvalue weighted by atomic mass is 35.5. The fourth-order valence-corrected chi connectivity index (χ4v) is 1.77. The molecule has 0 fully saturated rings. The first kappa shape index (κ1) is 11.6. The van der Waals surface area contributed by atoms with Crippen molar-refractivity contribution in [2.24, 2.45) is 7.05 Å². The van der Waals surface area contributed by atoms with E-state index >= 15 is 0 Å². The molecule has 0 aliphatic heterocycles. The van der Waals surface area contributed by atoms with E-state index in [1.807, 2.05) is 0 Å². The van der Waals surface area contributed by atoms with E-state index in [0.29, 0.717) is 16.9 Å². The Kier molecular flexibility index (Phi) is 2.85. The predicted octanol–water partition coefficient (Wildman–Crippen LogP) is 1.92. The number of anilines is 1. The Morgan fingerprint density at radius 2 is 2.24 bits per heavy atom. The summed E-state index contributed by atoms with van der Waals surface area (Å²) < 4.78 is 1.63. The van der Waals surface area contributed by atoms with Crippen molar-refractivity contribution in [2.45, 2.75) is 6.92 Å². The van der Waals surface area contributed by atoms with Gasteiger partial charge in [0.15, 0.2) is 5.78 Å². The van der Waals surface area contributed by atoms with Gasteiger partial charge in [0.05, 0.1) is 17.6 Å². The number of nitrogens with two attached hydrogens (primary N) is 1. The van der Waals surface area contributed by atoms with Crippen LogP contribution in [0.1, 0.15) is 17.3 Å². The van der Waals surface area contributed by atoms with E-state index in [4.69, 9.17) is 17.3 Å². The van der Waals surface area contributed by atoms with Crippen LogP contribution in [0, 0.1) is 0 Å². The summed E-state index contributed by atoms with van der Waals surface area (Å²) in [6.45, 7) is 1.44. The summed E-state index contributed by atoms with van der Waals surface area (Å²) in [4.78, 5) is 15.6. The summed E-state index contributed by atoms with van der Waals surface area (Å²) >= 11 is 5.88. The van der Waals surface area contributed by atoms with Crippen LogP contribution in [0.3, 0.4) is 0 Å². The highest BCUT2D eigenvalue weighted by molar-refractivity contribution is 6.30. The average Bonchev–Trinajstić information content (AvgIpc) is 2.67. The molecule has 0 amide bonds. The molecule has 0 bridgehead atoms. The minimum atomic E-state index is -0.142. The van der Waals surface area contributed by atoms with E-state index in [1.54, 1.807) is 24.1 Å². The number of carbonyl (C=O) groups is 1. The van der Waals surface area contributed by atoms with Crippen molar-refractivity contribution in [2.75, 3.05) is 5.73 Å². The Hall–Kier alpha value is -1.88. The van der Waals surface area contributed by atoms with Crippen LogP contribution < -0.4 is 5.73 Å². The van der Waals surface area contributed by atoms with E-state index in [0.717, 1.165) is 5.56 Å². The van der Waals surface area contributed by atoms with Crippen LogP contribution in [0.5, 0.6) is 0 Å². The van der Waals surface area contributed by atoms with Crippen LogP contribution in [-0.2, 0) is 7.05 Å². The van der Waals surface area contributed by atoms with Gasteiger partial charge in [0.25, 0.3) is 0 Å². The average molecular weight is 251 g/mol. The number of nitrogen functional groups attached to an aromatic ring is 1. The van der Waals surface area contributed by atoms with Gasteiger partial charge >= 0.3 is 0 Å². The third-order valence-electron chi connectivity index (χ3n) is 2.38. The quantitative estimate of drug-likeness (QED) is 0.653. The van der Waals surface area contributed by atoms with Crippen LogP contribution in [-0.4, -0.2) is 20.5 Å². The third kappa shape index (κ3) is 2.14. The number of nitrogens with zero attached hydrogens (tertiary/aromatic N) is 3. The summed E-state index contributed by atoms with van der Waals surface area (Å²) in [6.07, 6.45) is 3.39. The molecule has 0 aliphatic rings. The lowest BCUT2D eigenvalue weighted by Crippen LogP contribution is -2.03. The molecule has 0 unspecified atom stereocenters. The summed E-state index contributed by atoms with van der Waals surface area (Å²) in [5.74, 6) is -0.142. The molecule has 2 N–H and O–H groups in total. The second kappa shape index (κ2) is 4.18. The first-order valence-electron chi connectivity index (χ1n) is 4.95. The largest absolute Gasteiger partial charge is 0.396 e. The summed E-state index contributed by atoms with van der Waals surface area (Å²) in [7, 11) is 1.79. The van der Waals surface area contributed by atoms with Crippen molar-refractivity contribution in [1.82, 2.24) is 14.8 Å². The molecule has 6 heteroatoms. The predicted molar refractivity (Wildman–Crippen MR) is 65.9 cm³/mol. The highest BCUT2D eigenvalue weighted by Gasteiger charge is 2.15. The number of carbonyl (C=O) groups excluding carboxylic acids is 1. The normalized spacial score (nSPS) is 10.5. The second-order valence-electron chi connectivity index (χ2n) is 3.71. The lowest BCUT2D eigenvalue weighted by molar-refractivity contribution is 0.101. The fraction of sp³-hybridized carbons (Fsp3) is 0.182. The van der Waals surface area contributed by atoms with Crippen LogP contribution in [0.4, 0.5) is 5.69 Å². The highest BCUT2D eigenvalue weighted by Crippen LogP contribution is 2.28. The molecule has 0 saturated carbocycles. The first-order valence-corrected chi connectivity index (χ1v) is 5.33. The molecule has 0 atom stereocenters. The van der Waals surface area contributed by atoms with E-state index in [-0.39, 0.29) is 10.9 Å². The van der Waals surface area contributed by atoms with Gasteiger partial charge in [-0.2, -0.15) is 5.10 Å². The summed E-state index contributed by atoms with van der Waals surface area (Å²) in [5.41, 5.74) is 7.84. The Bertz CT molecular complexity index is 591. The first-order chi connectivity index (χ1) is 7.99. The van der Waals surface area contributed by atoms with Gasteiger partial charge in [-0.1, -0.05) is 11.6 Å². The van der Waals surface area contributed by atoms with Crippen molar-refractivity contribution in [3.63, 3.8) is 0 Å². The minimum Gasteiger partial charge on any atom is -0.396 e. The van der Waals surface area contributed by atoms with Gasteiger partial charge in [-0.25, -0.2) is 4.98 Å². The number of ketones is 1. The monoisotopic (exact) mass is 250 g/mol. The van der Waals surface area contributed by atoms with Crippen LogP contribution in [0.2, 0.25) is 5.15 Å². The molecule has 5 nitrogen and oxygen atoms in total. The lowest BCUT2D eigenvalue weighted by atomic mass is 10.1. The van der Waals surface area contributed by atoms with Crippen molar-refractivity contribution >= 4 is 23.1 Å². The number of halogens is 1. The number of aromatic nitrogens is 3. The maximum atomic E-state index is 11.4. The molecule has 0 radical (unpaired) electrons. The molecule has 0 saturated heterocycles. The molecular weight excluding hydrogens is 240 g/mol. The number of hydrogen-bond acceptors (Lipinski definition) is 4. The molecule has 0 spiro atoms. The van der Waals surface area contributed by atoms with Crippen LogP contribution in [0.15, 0.2) is 18.5 Å². The van der Waals surface area contributed by atoms with Crippen LogP contribution >= 0.6 is 11.6 Å². The van der Waals surface area contributed by atoms with E-state index < -0.39 is 0 Å². The minimum absolute atomic E-state index is 0.142. The topological polar surface area (TPSA) is 73.8 Å². The molecule has 2 heterocycles. The molecule has 2 aromatic rings. The number of pyridine rings is 1. The molecule has 88 valence electrons. The fourth-order valence-electron chi connectivity index (χ4n) is 1.58. The van der Waals surface area contributed by atoms with Crippen molar-refractivity contribution < 1.29 is 4.79 Å². The smallest absolute Gasteiger partial charge is 0.162 e. The van der Waals surface area contributed by atoms with Gasteiger partial charge in [0.1, 0.15) is 5.15 Å². The van der Waals surface area contributed by atoms with Gasteiger partial charge in [0, 0.05) is 24.4 Å². The van der Waals surface area contributed by atoms with E-state index in [2.05, 4.69) is 10.1 Å². The lowest BCUT2D eigenvalue weighted by Gasteiger charge is -2.07. The summed E-state index contributed by atoms with van der Waals surface area (Å²) in [5, 5.41) is 4.27. The van der Waals surface area contributed by atoms with E-state index in [1.165, 1.54) is 13.0 Å².